The van der Waals surface area contributed by atoms with E-state index in [1.54, 1.807) is 0 Å². The summed E-state index contributed by atoms with van der Waals surface area (Å²) in [6.07, 6.45) is 2.06. The van der Waals surface area contributed by atoms with Crippen LogP contribution < -0.4 is 18.9 Å². The molecule has 0 aromatic heterocycles. The van der Waals surface area contributed by atoms with E-state index in [4.69, 9.17) is 0 Å². The Labute approximate surface area is 103 Å². The third-order valence-corrected chi connectivity index (χ3v) is 2.53. The molecule has 1 amide bonds. The summed E-state index contributed by atoms with van der Waals surface area (Å²) in [5, 5.41) is 4.17. The largest absolute Gasteiger partial charge is 1.00 e. The second kappa shape index (κ2) is 5.39. The van der Waals surface area contributed by atoms with E-state index in [0.717, 1.165) is 18.4 Å². The van der Waals surface area contributed by atoms with Crippen LogP contribution >= 0.6 is 0 Å². The molecule has 3 heteroatoms. The zero-order valence-electron chi connectivity index (χ0n) is 9.31. The van der Waals surface area contributed by atoms with Gasteiger partial charge in [0.05, 0.1) is 5.91 Å². The van der Waals surface area contributed by atoms with Crippen molar-refractivity contribution in [3.05, 3.63) is 41.2 Å². The molecule has 1 fully saturated rings. The fourth-order valence-electron chi connectivity index (χ4n) is 1.43. The fourth-order valence-corrected chi connectivity index (χ4v) is 1.43. The van der Waals surface area contributed by atoms with Gasteiger partial charge in [0.25, 0.3) is 0 Å². The van der Waals surface area contributed by atoms with Crippen LogP contribution in [0.5, 0.6) is 0 Å². The van der Waals surface area contributed by atoms with Crippen LogP contribution in [-0.2, 0) is 4.79 Å². The Hall–Kier alpha value is -0.713. The molecule has 1 atom stereocenters. The maximum atomic E-state index is 11.4. The van der Waals surface area contributed by atoms with E-state index in [-0.39, 0.29) is 36.7 Å². The summed E-state index contributed by atoms with van der Waals surface area (Å²) >= 11 is 0. The number of nitrogens with zero attached hydrogens (tertiary/aromatic N) is 1. The average Bonchev–Trinajstić information content (AvgIpc) is 3.02. The first-order chi connectivity index (χ1) is 6.77. The van der Waals surface area contributed by atoms with Crippen LogP contribution in [0.25, 0.3) is 5.32 Å². The third kappa shape index (κ3) is 3.41. The molecule has 1 aromatic rings. The van der Waals surface area contributed by atoms with Crippen molar-refractivity contribution in [3.8, 4) is 0 Å². The molecule has 0 unspecified atom stereocenters. The quantitative estimate of drug-likeness (QED) is 0.627. The fraction of sp³-hybridized carbons (Fsp3) is 0.417. The monoisotopic (exact) mass is 195 g/mol. The van der Waals surface area contributed by atoms with Crippen LogP contribution in [0.15, 0.2) is 30.3 Å². The van der Waals surface area contributed by atoms with Crippen LogP contribution in [-0.4, -0.2) is 5.91 Å². The van der Waals surface area contributed by atoms with Gasteiger partial charge >= 0.3 is 18.9 Å². The molecule has 0 spiro atoms. The predicted molar refractivity (Wildman–Crippen MR) is 55.9 cm³/mol. The zero-order chi connectivity index (χ0) is 9.97. The van der Waals surface area contributed by atoms with Gasteiger partial charge in [-0.2, -0.15) is 0 Å². The minimum atomic E-state index is 0. The standard InChI is InChI=1S/C12H15NO.Li/c1-9(10-5-3-2-4-6-10)13-12(14)11-7-8-11;/h2-6,9,11H,7-8H2,1H3,(H,13,14);/q;+1/p-1/t9-;/m0./s1. The Balaban J connectivity index is 0.00000112. The molecule has 0 radical (unpaired) electrons. The molecule has 2 rings (SSSR count). The number of carbonyl (C=O) groups is 1. The Kier molecular flexibility index (Phi) is 4.44. The summed E-state index contributed by atoms with van der Waals surface area (Å²) in [5.74, 6) is 0.322. The van der Waals surface area contributed by atoms with Crippen molar-refractivity contribution in [2.45, 2.75) is 25.8 Å². The van der Waals surface area contributed by atoms with Crippen LogP contribution in [0, 0.1) is 5.92 Å². The summed E-state index contributed by atoms with van der Waals surface area (Å²) < 4.78 is 0. The Morgan fingerprint density at radius 2 is 1.93 bits per heavy atom. The number of benzene rings is 1. The first-order valence-electron chi connectivity index (χ1n) is 5.07. The normalized spacial score (nSPS) is 16.3. The summed E-state index contributed by atoms with van der Waals surface area (Å²) in [5.41, 5.74) is 1.11. The number of hydrogen-bond acceptors (Lipinski definition) is 1. The zero-order valence-corrected chi connectivity index (χ0v) is 9.31. The van der Waals surface area contributed by atoms with Crippen molar-refractivity contribution in [3.63, 3.8) is 0 Å². The summed E-state index contributed by atoms with van der Waals surface area (Å²) in [6, 6.07) is 9.94. The van der Waals surface area contributed by atoms with Gasteiger partial charge in [-0.05, 0) is 12.8 Å². The first kappa shape index (κ1) is 12.4. The number of carbonyl (C=O) groups excluding carboxylic acids is 1. The molecule has 1 aliphatic rings. The van der Waals surface area contributed by atoms with E-state index >= 15 is 0 Å². The van der Waals surface area contributed by atoms with Crippen LogP contribution in [0.2, 0.25) is 0 Å². The first-order valence-corrected chi connectivity index (χ1v) is 5.07. The molecule has 74 valence electrons. The molecule has 0 saturated heterocycles. The molecular formula is C12H14LiNO. The Morgan fingerprint density at radius 1 is 1.33 bits per heavy atom. The van der Waals surface area contributed by atoms with E-state index in [1.807, 2.05) is 37.3 Å². The van der Waals surface area contributed by atoms with Gasteiger partial charge in [-0.25, -0.2) is 0 Å². The molecule has 15 heavy (non-hydrogen) atoms. The van der Waals surface area contributed by atoms with Crippen molar-refractivity contribution in [1.82, 2.24) is 0 Å². The molecular weight excluding hydrogens is 181 g/mol. The predicted octanol–water partition coefficient (Wildman–Crippen LogP) is 0.0619. The topological polar surface area (TPSA) is 31.2 Å². The second-order valence-corrected chi connectivity index (χ2v) is 3.83. The van der Waals surface area contributed by atoms with Crippen molar-refractivity contribution < 1.29 is 23.7 Å². The molecule has 1 aliphatic carbocycles. The van der Waals surface area contributed by atoms with Gasteiger partial charge in [-0.1, -0.05) is 48.9 Å². The van der Waals surface area contributed by atoms with Crippen LogP contribution in [0.4, 0.5) is 0 Å². The molecule has 0 aliphatic heterocycles. The molecule has 0 heterocycles. The molecule has 0 N–H and O–H groups in total. The SMILES string of the molecule is C[C@H]([N-]C(=O)C1CC1)c1ccccc1.[Li+]. The Morgan fingerprint density at radius 3 is 2.47 bits per heavy atom. The van der Waals surface area contributed by atoms with Crippen LogP contribution in [0.1, 0.15) is 31.4 Å². The minimum absolute atomic E-state index is 0. The van der Waals surface area contributed by atoms with Crippen molar-refractivity contribution in [2.75, 3.05) is 0 Å². The van der Waals surface area contributed by atoms with E-state index in [2.05, 4.69) is 5.32 Å². The van der Waals surface area contributed by atoms with Crippen LogP contribution in [0.3, 0.4) is 0 Å². The van der Waals surface area contributed by atoms with E-state index in [1.165, 1.54) is 0 Å². The number of hydrogen-bond donors (Lipinski definition) is 0. The number of rotatable bonds is 3. The Bertz CT molecular complexity index is 322. The van der Waals surface area contributed by atoms with Gasteiger partial charge in [0.1, 0.15) is 0 Å². The van der Waals surface area contributed by atoms with Gasteiger partial charge in [0.2, 0.25) is 0 Å². The van der Waals surface area contributed by atoms with E-state index in [9.17, 15) is 4.79 Å². The van der Waals surface area contributed by atoms with Gasteiger partial charge in [0, 0.05) is 5.92 Å². The summed E-state index contributed by atoms with van der Waals surface area (Å²) in [7, 11) is 0. The van der Waals surface area contributed by atoms with Gasteiger partial charge in [-0.15, -0.1) is 0 Å². The summed E-state index contributed by atoms with van der Waals surface area (Å²) in [4.78, 5) is 11.4. The van der Waals surface area contributed by atoms with E-state index in [0.29, 0.717) is 0 Å². The minimum Gasteiger partial charge on any atom is -0.647 e. The molecule has 1 aromatic carbocycles. The van der Waals surface area contributed by atoms with Gasteiger partial charge in [-0.3, -0.25) is 0 Å². The molecule has 0 bridgehead atoms. The maximum absolute atomic E-state index is 11.4. The molecule has 1 saturated carbocycles. The average molecular weight is 195 g/mol. The van der Waals surface area contributed by atoms with Crippen molar-refractivity contribution >= 4 is 5.91 Å². The van der Waals surface area contributed by atoms with Gasteiger partial charge in [0.15, 0.2) is 0 Å². The van der Waals surface area contributed by atoms with Crippen molar-refractivity contribution in [1.29, 1.82) is 0 Å². The third-order valence-electron chi connectivity index (χ3n) is 2.53. The smallest absolute Gasteiger partial charge is 0.647 e. The second-order valence-electron chi connectivity index (χ2n) is 3.83. The number of amides is 1. The molecule has 2 nitrogen and oxygen atoms in total. The summed E-state index contributed by atoms with van der Waals surface area (Å²) in [6.45, 7) is 1.97. The maximum Gasteiger partial charge on any atom is 1.00 e. The van der Waals surface area contributed by atoms with E-state index < -0.39 is 0 Å². The van der Waals surface area contributed by atoms with Gasteiger partial charge < -0.3 is 10.1 Å². The van der Waals surface area contributed by atoms with Crippen molar-refractivity contribution in [2.24, 2.45) is 5.92 Å².